The molecule has 1 amide bonds. The van der Waals surface area contributed by atoms with E-state index < -0.39 is 0 Å². The van der Waals surface area contributed by atoms with Gasteiger partial charge < -0.3 is 15.5 Å². The summed E-state index contributed by atoms with van der Waals surface area (Å²) in [5, 5.41) is 2.89. The summed E-state index contributed by atoms with van der Waals surface area (Å²) in [7, 11) is 0. The zero-order valence-electron chi connectivity index (χ0n) is 13.4. The van der Waals surface area contributed by atoms with Crippen LogP contribution in [0, 0.1) is 12.8 Å². The first-order valence-corrected chi connectivity index (χ1v) is 8.16. The van der Waals surface area contributed by atoms with Crippen LogP contribution in [0.1, 0.15) is 30.7 Å². The lowest BCUT2D eigenvalue weighted by Gasteiger charge is -2.10. The van der Waals surface area contributed by atoms with Crippen LogP contribution in [0.5, 0.6) is 0 Å². The van der Waals surface area contributed by atoms with Gasteiger partial charge >= 0.3 is 0 Å². The molecule has 1 aliphatic rings. The van der Waals surface area contributed by atoms with Gasteiger partial charge in [-0.3, -0.25) is 4.79 Å². The largest absolute Gasteiger partial charge is 0.441 e. The lowest BCUT2D eigenvalue weighted by atomic mass is 10.1. The number of benzene rings is 1. The highest BCUT2D eigenvalue weighted by molar-refractivity contribution is 5.76. The summed E-state index contributed by atoms with van der Waals surface area (Å²) in [5.41, 5.74) is 8.17. The summed E-state index contributed by atoms with van der Waals surface area (Å²) in [6.45, 7) is 2.60. The summed E-state index contributed by atoms with van der Waals surface area (Å²) < 4.78 is 5.72. The van der Waals surface area contributed by atoms with Gasteiger partial charge in [0.25, 0.3) is 0 Å². The number of amides is 1. The third-order valence-electron chi connectivity index (χ3n) is 4.22. The van der Waals surface area contributed by atoms with E-state index in [-0.39, 0.29) is 11.9 Å². The van der Waals surface area contributed by atoms with Crippen molar-refractivity contribution in [3.05, 3.63) is 41.9 Å². The van der Waals surface area contributed by atoms with Gasteiger partial charge in [0, 0.05) is 31.0 Å². The number of rotatable bonds is 7. The molecule has 0 saturated heterocycles. The van der Waals surface area contributed by atoms with Crippen LogP contribution in [0.3, 0.4) is 0 Å². The van der Waals surface area contributed by atoms with Crippen molar-refractivity contribution in [2.45, 2.75) is 38.6 Å². The molecule has 1 aromatic heterocycles. The van der Waals surface area contributed by atoms with Crippen LogP contribution in [0.15, 0.2) is 34.9 Å². The van der Waals surface area contributed by atoms with Crippen molar-refractivity contribution in [3.8, 4) is 11.3 Å². The number of carbonyl (C=O) groups is 1. The maximum atomic E-state index is 11.8. The topological polar surface area (TPSA) is 81.2 Å². The molecule has 1 atom stereocenters. The van der Waals surface area contributed by atoms with Crippen molar-refractivity contribution < 1.29 is 9.21 Å². The molecule has 1 aliphatic carbocycles. The van der Waals surface area contributed by atoms with Crippen LogP contribution >= 0.6 is 0 Å². The van der Waals surface area contributed by atoms with Gasteiger partial charge in [-0.1, -0.05) is 29.8 Å². The first-order chi connectivity index (χ1) is 11.1. The zero-order valence-corrected chi connectivity index (χ0v) is 13.4. The maximum absolute atomic E-state index is 11.8. The van der Waals surface area contributed by atoms with E-state index in [1.807, 2.05) is 31.2 Å². The number of hydrogen-bond acceptors (Lipinski definition) is 4. The molecule has 1 unspecified atom stereocenters. The molecular formula is C18H23N3O2. The van der Waals surface area contributed by atoms with Crippen LogP contribution in [0.2, 0.25) is 0 Å². The highest BCUT2D eigenvalue weighted by Gasteiger charge is 2.28. The molecule has 0 aliphatic heterocycles. The second-order valence-electron chi connectivity index (χ2n) is 6.29. The Labute approximate surface area is 136 Å². The minimum atomic E-state index is -0.00353. The molecule has 0 bridgehead atoms. The fourth-order valence-corrected chi connectivity index (χ4v) is 2.51. The fraction of sp³-hybridized carbons (Fsp3) is 0.444. The van der Waals surface area contributed by atoms with Gasteiger partial charge in [-0.25, -0.2) is 4.98 Å². The second-order valence-corrected chi connectivity index (χ2v) is 6.29. The predicted octanol–water partition coefficient (Wildman–Crippen LogP) is 2.44. The standard InChI is InChI=1S/C18H23N3O2/c1-12-2-4-14(5-3-12)16-11-21-18(23-16)9-8-17(22)20-10-15(19)13-6-7-13/h2-5,11,13,15H,6-10,19H2,1H3,(H,20,22). The smallest absolute Gasteiger partial charge is 0.220 e. The van der Waals surface area contributed by atoms with E-state index >= 15 is 0 Å². The van der Waals surface area contributed by atoms with E-state index in [0.717, 1.165) is 11.3 Å². The first kappa shape index (κ1) is 15.7. The highest BCUT2D eigenvalue weighted by atomic mass is 16.4. The molecule has 2 aromatic rings. The molecule has 122 valence electrons. The Kier molecular flexibility index (Phi) is 4.76. The maximum Gasteiger partial charge on any atom is 0.220 e. The third kappa shape index (κ3) is 4.42. The number of nitrogens with one attached hydrogen (secondary N) is 1. The van der Waals surface area contributed by atoms with Crippen molar-refractivity contribution >= 4 is 5.91 Å². The summed E-state index contributed by atoms with van der Waals surface area (Å²) in [6, 6.07) is 8.17. The minimum absolute atomic E-state index is 0.00353. The number of hydrogen-bond donors (Lipinski definition) is 2. The van der Waals surface area contributed by atoms with Gasteiger partial charge in [-0.15, -0.1) is 0 Å². The van der Waals surface area contributed by atoms with Gasteiger partial charge in [0.15, 0.2) is 11.7 Å². The van der Waals surface area contributed by atoms with Crippen molar-refractivity contribution in [1.29, 1.82) is 0 Å². The minimum Gasteiger partial charge on any atom is -0.441 e. The Morgan fingerprint density at radius 3 is 2.83 bits per heavy atom. The molecule has 3 N–H and O–H groups in total. The highest BCUT2D eigenvalue weighted by Crippen LogP contribution is 2.31. The normalized spacial score (nSPS) is 15.4. The molecule has 1 aromatic carbocycles. The lowest BCUT2D eigenvalue weighted by molar-refractivity contribution is -0.121. The van der Waals surface area contributed by atoms with Crippen molar-refractivity contribution in [3.63, 3.8) is 0 Å². The van der Waals surface area contributed by atoms with Crippen LogP contribution in [0.25, 0.3) is 11.3 Å². The van der Waals surface area contributed by atoms with E-state index in [1.165, 1.54) is 18.4 Å². The number of aryl methyl sites for hydroxylation is 2. The first-order valence-electron chi connectivity index (χ1n) is 8.16. The van der Waals surface area contributed by atoms with Crippen LogP contribution in [-0.4, -0.2) is 23.5 Å². The Balaban J connectivity index is 1.46. The molecule has 23 heavy (non-hydrogen) atoms. The monoisotopic (exact) mass is 313 g/mol. The second kappa shape index (κ2) is 6.96. The van der Waals surface area contributed by atoms with Crippen LogP contribution in [-0.2, 0) is 11.2 Å². The van der Waals surface area contributed by atoms with Gasteiger partial charge in [0.05, 0.1) is 6.20 Å². The van der Waals surface area contributed by atoms with Gasteiger partial charge in [0.2, 0.25) is 5.91 Å². The Morgan fingerprint density at radius 2 is 2.13 bits per heavy atom. The van der Waals surface area contributed by atoms with Crippen LogP contribution in [0.4, 0.5) is 0 Å². The number of oxazole rings is 1. The van der Waals surface area contributed by atoms with E-state index in [1.54, 1.807) is 6.20 Å². The molecule has 1 fully saturated rings. The zero-order chi connectivity index (χ0) is 16.2. The van der Waals surface area contributed by atoms with Crippen LogP contribution < -0.4 is 11.1 Å². The van der Waals surface area contributed by atoms with E-state index in [2.05, 4.69) is 10.3 Å². The van der Waals surface area contributed by atoms with Gasteiger partial charge in [-0.05, 0) is 25.7 Å². The average molecular weight is 313 g/mol. The number of aromatic nitrogens is 1. The number of nitrogens with two attached hydrogens (primary N) is 1. The number of nitrogens with zero attached hydrogens (tertiary/aromatic N) is 1. The molecule has 5 nitrogen and oxygen atoms in total. The quantitative estimate of drug-likeness (QED) is 0.822. The number of carbonyl (C=O) groups excluding carboxylic acids is 1. The molecule has 3 rings (SSSR count). The third-order valence-corrected chi connectivity index (χ3v) is 4.22. The Morgan fingerprint density at radius 1 is 1.39 bits per heavy atom. The molecule has 0 spiro atoms. The Bertz CT molecular complexity index is 659. The van der Waals surface area contributed by atoms with E-state index in [4.69, 9.17) is 10.2 Å². The molecule has 0 radical (unpaired) electrons. The SMILES string of the molecule is Cc1ccc(-c2cnc(CCC(=O)NCC(N)C3CC3)o2)cc1. The van der Waals surface area contributed by atoms with Gasteiger partial charge in [0.1, 0.15) is 0 Å². The Hall–Kier alpha value is -2.14. The summed E-state index contributed by atoms with van der Waals surface area (Å²) in [6.07, 6.45) is 4.95. The van der Waals surface area contributed by atoms with Crippen molar-refractivity contribution in [2.24, 2.45) is 11.7 Å². The average Bonchev–Trinajstić information content (AvgIpc) is 3.30. The van der Waals surface area contributed by atoms with E-state index in [9.17, 15) is 4.79 Å². The van der Waals surface area contributed by atoms with Crippen molar-refractivity contribution in [1.82, 2.24) is 10.3 Å². The predicted molar refractivity (Wildman–Crippen MR) is 88.7 cm³/mol. The van der Waals surface area contributed by atoms with Gasteiger partial charge in [-0.2, -0.15) is 0 Å². The summed E-state index contributed by atoms with van der Waals surface area (Å²) >= 11 is 0. The molecule has 1 heterocycles. The molecule has 1 saturated carbocycles. The summed E-state index contributed by atoms with van der Waals surface area (Å²) in [4.78, 5) is 16.1. The van der Waals surface area contributed by atoms with Crippen molar-refractivity contribution in [2.75, 3.05) is 6.54 Å². The fourth-order valence-electron chi connectivity index (χ4n) is 2.51. The molecule has 5 heteroatoms. The molecular weight excluding hydrogens is 290 g/mol. The summed E-state index contributed by atoms with van der Waals surface area (Å²) in [5.74, 6) is 1.91. The van der Waals surface area contributed by atoms with E-state index in [0.29, 0.717) is 31.2 Å². The lowest BCUT2D eigenvalue weighted by Crippen LogP contribution is -2.38.